The van der Waals surface area contributed by atoms with Gasteiger partial charge in [0.15, 0.2) is 0 Å². The smallest absolute Gasteiger partial charge is 0.148 e. The maximum Gasteiger partial charge on any atom is 0.148 e. The highest BCUT2D eigenvalue weighted by atomic mass is 16.5. The molecule has 2 heterocycles. The quantitative estimate of drug-likeness (QED) is 0.718. The van der Waals surface area contributed by atoms with E-state index >= 15 is 0 Å². The normalized spacial score (nSPS) is 15.8. The third kappa shape index (κ3) is 2.87. The van der Waals surface area contributed by atoms with Crippen molar-refractivity contribution in [3.8, 4) is 16.9 Å². The van der Waals surface area contributed by atoms with Crippen LogP contribution in [0.5, 0.6) is 5.75 Å². The van der Waals surface area contributed by atoms with Crippen LogP contribution < -0.4 is 9.64 Å². The van der Waals surface area contributed by atoms with Crippen molar-refractivity contribution in [3.05, 3.63) is 78.1 Å². The van der Waals surface area contributed by atoms with Crippen molar-refractivity contribution in [2.75, 3.05) is 19.1 Å². The van der Waals surface area contributed by atoms with Gasteiger partial charge in [0.2, 0.25) is 0 Å². The fourth-order valence-electron chi connectivity index (χ4n) is 3.18. The number of aliphatic imine (C=N–C) groups is 1. The van der Waals surface area contributed by atoms with E-state index in [1.165, 1.54) is 0 Å². The van der Waals surface area contributed by atoms with Crippen LogP contribution in [0.4, 0.5) is 5.69 Å². The average Bonchev–Trinajstić information content (AvgIpc) is 2.69. The van der Waals surface area contributed by atoms with Gasteiger partial charge in [0.1, 0.15) is 11.9 Å². The maximum absolute atomic E-state index is 5.33. The van der Waals surface area contributed by atoms with Crippen molar-refractivity contribution < 1.29 is 4.74 Å². The predicted molar refractivity (Wildman–Crippen MR) is 101 cm³/mol. The number of anilines is 1. The summed E-state index contributed by atoms with van der Waals surface area (Å²) in [6, 6.07) is 18.6. The molecule has 0 N–H and O–H groups in total. The molecule has 1 aromatic heterocycles. The van der Waals surface area contributed by atoms with Crippen LogP contribution in [0, 0.1) is 0 Å². The van der Waals surface area contributed by atoms with E-state index in [0.717, 1.165) is 33.7 Å². The van der Waals surface area contributed by atoms with Crippen LogP contribution >= 0.6 is 0 Å². The van der Waals surface area contributed by atoms with Crippen molar-refractivity contribution in [3.63, 3.8) is 0 Å². The van der Waals surface area contributed by atoms with Crippen LogP contribution in [-0.2, 0) is 0 Å². The van der Waals surface area contributed by atoms with E-state index in [1.807, 2.05) is 36.7 Å². The van der Waals surface area contributed by atoms with Gasteiger partial charge >= 0.3 is 0 Å². The number of ether oxygens (including phenoxy) is 1. The molecule has 1 aliphatic heterocycles. The molecule has 0 amide bonds. The van der Waals surface area contributed by atoms with E-state index < -0.39 is 0 Å². The molecule has 0 aliphatic carbocycles. The van der Waals surface area contributed by atoms with Gasteiger partial charge in [-0.15, -0.1) is 0 Å². The monoisotopic (exact) mass is 329 g/mol. The van der Waals surface area contributed by atoms with Gasteiger partial charge in [0, 0.05) is 42.5 Å². The molecule has 0 bridgehead atoms. The number of methoxy groups -OCH3 is 1. The van der Waals surface area contributed by atoms with Crippen molar-refractivity contribution in [1.29, 1.82) is 0 Å². The highest BCUT2D eigenvalue weighted by Crippen LogP contribution is 2.35. The number of hydrogen-bond acceptors (Lipinski definition) is 4. The predicted octanol–water partition coefficient (Wildman–Crippen LogP) is 4.32. The number of nitrogens with zero attached hydrogens (tertiary/aromatic N) is 3. The van der Waals surface area contributed by atoms with Crippen LogP contribution in [0.15, 0.2) is 72.0 Å². The third-order valence-corrected chi connectivity index (χ3v) is 4.51. The Bertz CT molecular complexity index is 921. The Morgan fingerprint density at radius 3 is 2.68 bits per heavy atom. The molecule has 0 spiro atoms. The molecule has 0 radical (unpaired) electrons. The van der Waals surface area contributed by atoms with Crippen LogP contribution in [0.2, 0.25) is 0 Å². The minimum absolute atomic E-state index is 0.0381. The van der Waals surface area contributed by atoms with Crippen molar-refractivity contribution in [2.24, 2.45) is 4.99 Å². The molecule has 1 atom stereocenters. The van der Waals surface area contributed by atoms with Gasteiger partial charge in [-0.1, -0.05) is 24.3 Å². The van der Waals surface area contributed by atoms with Crippen molar-refractivity contribution in [1.82, 2.24) is 4.98 Å². The third-order valence-electron chi connectivity index (χ3n) is 4.51. The van der Waals surface area contributed by atoms with E-state index in [9.17, 15) is 0 Å². The molecule has 1 aliphatic rings. The van der Waals surface area contributed by atoms with Crippen molar-refractivity contribution >= 4 is 11.9 Å². The van der Waals surface area contributed by atoms with Gasteiger partial charge in [-0.3, -0.25) is 9.98 Å². The molecule has 3 aromatic rings. The van der Waals surface area contributed by atoms with E-state index in [-0.39, 0.29) is 6.17 Å². The minimum atomic E-state index is -0.0381. The first-order valence-electron chi connectivity index (χ1n) is 8.20. The second-order valence-electron chi connectivity index (χ2n) is 6.05. The Kier molecular flexibility index (Phi) is 3.94. The standard InChI is InChI=1S/C21H19N3O/c1-24-20-9-8-16(15-5-3-7-19(12-15)25-2)11-18(20)14-23-21(24)17-6-4-10-22-13-17/h3-14,21H,1-2H3. The second kappa shape index (κ2) is 6.40. The number of aromatic nitrogens is 1. The van der Waals surface area contributed by atoms with E-state index in [4.69, 9.17) is 9.73 Å². The molecule has 4 nitrogen and oxygen atoms in total. The van der Waals surface area contributed by atoms with Crippen LogP contribution in [0.25, 0.3) is 11.1 Å². The number of benzene rings is 2. The molecule has 124 valence electrons. The summed E-state index contributed by atoms with van der Waals surface area (Å²) in [6.07, 6.45) is 5.57. The number of hydrogen-bond donors (Lipinski definition) is 0. The molecular weight excluding hydrogens is 310 g/mol. The molecule has 4 rings (SSSR count). The number of pyridine rings is 1. The van der Waals surface area contributed by atoms with Crippen LogP contribution in [-0.4, -0.2) is 25.4 Å². The SMILES string of the molecule is COc1cccc(-c2ccc3c(c2)C=NC(c2cccnc2)N3C)c1. The van der Waals surface area contributed by atoms with Gasteiger partial charge in [-0.25, -0.2) is 0 Å². The highest BCUT2D eigenvalue weighted by Gasteiger charge is 2.22. The van der Waals surface area contributed by atoms with E-state index in [1.54, 1.807) is 13.3 Å². The lowest BCUT2D eigenvalue weighted by Crippen LogP contribution is -2.26. The molecule has 1 unspecified atom stereocenters. The Labute approximate surface area is 147 Å². The molecule has 0 fully saturated rings. The lowest BCUT2D eigenvalue weighted by atomic mass is 10.00. The fourth-order valence-corrected chi connectivity index (χ4v) is 3.18. The van der Waals surface area contributed by atoms with Crippen LogP contribution in [0.1, 0.15) is 17.3 Å². The molecule has 2 aromatic carbocycles. The minimum Gasteiger partial charge on any atom is -0.497 e. The Hall–Kier alpha value is -3.14. The zero-order chi connectivity index (χ0) is 17.2. The summed E-state index contributed by atoms with van der Waals surface area (Å²) in [5.41, 5.74) is 5.65. The highest BCUT2D eigenvalue weighted by molar-refractivity contribution is 5.92. The van der Waals surface area contributed by atoms with E-state index in [0.29, 0.717) is 0 Å². The number of fused-ring (bicyclic) bond motifs is 1. The lowest BCUT2D eigenvalue weighted by molar-refractivity contribution is 0.415. The molecule has 4 heteroatoms. The van der Waals surface area contributed by atoms with Crippen LogP contribution in [0.3, 0.4) is 0 Å². The lowest BCUT2D eigenvalue weighted by Gasteiger charge is -2.31. The van der Waals surface area contributed by atoms with Gasteiger partial charge in [-0.2, -0.15) is 0 Å². The Morgan fingerprint density at radius 1 is 1.00 bits per heavy atom. The summed E-state index contributed by atoms with van der Waals surface area (Å²) < 4.78 is 5.33. The number of rotatable bonds is 3. The summed E-state index contributed by atoms with van der Waals surface area (Å²) in [6.45, 7) is 0. The van der Waals surface area contributed by atoms with E-state index in [2.05, 4.69) is 47.3 Å². The summed E-state index contributed by atoms with van der Waals surface area (Å²) in [7, 11) is 3.75. The Balaban J connectivity index is 1.70. The molecule has 0 saturated heterocycles. The van der Waals surface area contributed by atoms with Gasteiger partial charge < -0.3 is 9.64 Å². The van der Waals surface area contributed by atoms with Gasteiger partial charge in [-0.05, 0) is 41.5 Å². The zero-order valence-corrected chi connectivity index (χ0v) is 14.3. The summed E-state index contributed by atoms with van der Waals surface area (Å²) in [5, 5.41) is 0. The average molecular weight is 329 g/mol. The summed E-state index contributed by atoms with van der Waals surface area (Å²) in [5.74, 6) is 0.859. The molecule has 25 heavy (non-hydrogen) atoms. The van der Waals surface area contributed by atoms with Gasteiger partial charge in [0.05, 0.1) is 7.11 Å². The largest absolute Gasteiger partial charge is 0.497 e. The zero-order valence-electron chi connectivity index (χ0n) is 14.3. The van der Waals surface area contributed by atoms with Crippen molar-refractivity contribution in [2.45, 2.75) is 6.17 Å². The van der Waals surface area contributed by atoms with Gasteiger partial charge in [0.25, 0.3) is 0 Å². The first-order chi connectivity index (χ1) is 12.3. The molecule has 0 saturated carbocycles. The first kappa shape index (κ1) is 15.4. The first-order valence-corrected chi connectivity index (χ1v) is 8.20. The second-order valence-corrected chi connectivity index (χ2v) is 6.05. The molecular formula is C21H19N3O. The summed E-state index contributed by atoms with van der Waals surface area (Å²) in [4.78, 5) is 11.1. The topological polar surface area (TPSA) is 37.7 Å². The Morgan fingerprint density at radius 2 is 1.88 bits per heavy atom. The fraction of sp³-hybridized carbons (Fsp3) is 0.143. The summed E-state index contributed by atoms with van der Waals surface area (Å²) >= 11 is 0. The maximum atomic E-state index is 5.33.